The number of hydrogen-bond acceptors (Lipinski definition) is 10. The van der Waals surface area contributed by atoms with Crippen LogP contribution >= 0.6 is 0 Å². The molecule has 1 saturated heterocycles. The predicted molar refractivity (Wildman–Crippen MR) is 169 cm³/mol. The lowest BCUT2D eigenvalue weighted by atomic mass is 9.98. The Balaban J connectivity index is 2.70. The van der Waals surface area contributed by atoms with Gasteiger partial charge in [-0.3, -0.25) is 4.79 Å². The van der Waals surface area contributed by atoms with Gasteiger partial charge in [0.1, 0.15) is 36.6 Å². The molecule has 0 aromatic heterocycles. The fourth-order valence-corrected chi connectivity index (χ4v) is 5.11. The van der Waals surface area contributed by atoms with Crippen LogP contribution in [0.4, 0.5) is 0 Å². The van der Waals surface area contributed by atoms with Crippen molar-refractivity contribution in [3.8, 4) is 0 Å². The van der Waals surface area contributed by atoms with Gasteiger partial charge in [0.05, 0.1) is 25.4 Å². The third-order valence-electron chi connectivity index (χ3n) is 8.00. The molecule has 11 nitrogen and oxygen atoms in total. The highest BCUT2D eigenvalue weighted by Gasteiger charge is 2.44. The van der Waals surface area contributed by atoms with Crippen LogP contribution < -0.4 is 5.32 Å². The fraction of sp³-hybridized carbons (Fsp3) is 0.848. The van der Waals surface area contributed by atoms with E-state index in [9.17, 15) is 40.5 Å². The number of allylic oxidation sites excluding steroid dienone is 4. The summed E-state index contributed by atoms with van der Waals surface area (Å²) in [5.41, 5.74) is 0. The van der Waals surface area contributed by atoms with Gasteiger partial charge in [-0.05, 0) is 44.9 Å². The van der Waals surface area contributed by atoms with Crippen molar-refractivity contribution in [2.24, 2.45) is 0 Å². The van der Waals surface area contributed by atoms with Gasteiger partial charge in [0.25, 0.3) is 0 Å². The molecule has 0 aromatic carbocycles. The maximum Gasteiger partial charge on any atom is 0.249 e. The van der Waals surface area contributed by atoms with Gasteiger partial charge >= 0.3 is 0 Å². The first-order valence-corrected chi connectivity index (χ1v) is 16.7. The first-order chi connectivity index (χ1) is 21.2. The van der Waals surface area contributed by atoms with Crippen molar-refractivity contribution in [1.29, 1.82) is 0 Å². The Bertz CT molecular complexity index is 780. The van der Waals surface area contributed by atoms with Crippen LogP contribution in [-0.4, -0.2) is 110 Å². The Morgan fingerprint density at radius 2 is 1.41 bits per heavy atom. The number of aliphatic hydroxyl groups excluding tert-OH is 7. The highest BCUT2D eigenvalue weighted by Crippen LogP contribution is 2.23. The van der Waals surface area contributed by atoms with E-state index < -0.39 is 74.2 Å². The van der Waals surface area contributed by atoms with Crippen molar-refractivity contribution in [3.05, 3.63) is 24.3 Å². The van der Waals surface area contributed by atoms with Crippen LogP contribution in [0.1, 0.15) is 110 Å². The largest absolute Gasteiger partial charge is 0.394 e. The highest BCUT2D eigenvalue weighted by molar-refractivity contribution is 5.80. The van der Waals surface area contributed by atoms with Gasteiger partial charge in [0.15, 0.2) is 6.29 Å². The van der Waals surface area contributed by atoms with Gasteiger partial charge in [0, 0.05) is 0 Å². The molecular weight excluding hydrogens is 570 g/mol. The Morgan fingerprint density at radius 3 is 2.05 bits per heavy atom. The second-order valence-electron chi connectivity index (χ2n) is 11.8. The molecule has 8 N–H and O–H groups in total. The van der Waals surface area contributed by atoms with Crippen molar-refractivity contribution in [1.82, 2.24) is 5.32 Å². The summed E-state index contributed by atoms with van der Waals surface area (Å²) in [7, 11) is 0. The van der Waals surface area contributed by atoms with E-state index in [-0.39, 0.29) is 12.8 Å². The number of hydrogen-bond donors (Lipinski definition) is 8. The van der Waals surface area contributed by atoms with Crippen molar-refractivity contribution in [2.45, 2.75) is 165 Å². The summed E-state index contributed by atoms with van der Waals surface area (Å²) < 4.78 is 10.9. The maximum atomic E-state index is 12.8. The zero-order valence-corrected chi connectivity index (χ0v) is 26.9. The molecule has 0 aliphatic carbocycles. The zero-order chi connectivity index (χ0) is 32.7. The number of carbonyl (C=O) groups is 1. The molecule has 0 spiro atoms. The highest BCUT2D eigenvalue weighted by atomic mass is 16.7. The maximum absolute atomic E-state index is 12.8. The Hall–Kier alpha value is -1.41. The van der Waals surface area contributed by atoms with Crippen LogP contribution in [0.2, 0.25) is 0 Å². The number of nitrogens with one attached hydrogen (secondary N) is 1. The lowest BCUT2D eigenvalue weighted by Crippen LogP contribution is -2.60. The third kappa shape index (κ3) is 16.2. The van der Waals surface area contributed by atoms with Crippen LogP contribution in [-0.2, 0) is 14.3 Å². The molecule has 0 aromatic rings. The SMILES string of the molecule is CC/C=C/CC/C=C/CCCC(O)C(O)C(COC1OC(CO)C(O)C(O)C1O)NC(=O)C(O)CCCCCCCCCC. The molecule has 1 amide bonds. The third-order valence-corrected chi connectivity index (χ3v) is 8.00. The first kappa shape index (κ1) is 40.6. The van der Waals surface area contributed by atoms with E-state index in [1.54, 1.807) is 0 Å². The average molecular weight is 632 g/mol. The number of ether oxygens (including phenoxy) is 2. The van der Waals surface area contributed by atoms with Crippen molar-refractivity contribution in [3.63, 3.8) is 0 Å². The molecule has 44 heavy (non-hydrogen) atoms. The summed E-state index contributed by atoms with van der Waals surface area (Å²) in [4.78, 5) is 12.8. The van der Waals surface area contributed by atoms with Crippen molar-refractivity contribution < 1.29 is 50.0 Å². The van der Waals surface area contributed by atoms with Crippen molar-refractivity contribution >= 4 is 5.91 Å². The number of amides is 1. The summed E-state index contributed by atoms with van der Waals surface area (Å²) in [5.74, 6) is -0.721. The molecule has 1 aliphatic heterocycles. The lowest BCUT2D eigenvalue weighted by Gasteiger charge is -2.40. The number of aliphatic hydroxyl groups is 7. The standard InChI is InChI=1S/C33H61NO10/c1-3-5-7-9-11-13-15-16-18-20-25(36)28(38)24(23-43-33-31(41)30(40)29(39)27(22-35)44-33)34-32(42)26(37)21-19-17-14-12-10-8-6-4-2/h5,7,13,15,24-31,33,35-41H,3-4,6,8-12,14,16-23H2,1-2H3,(H,34,42)/b7-5+,15-13+. The van der Waals surface area contributed by atoms with Crippen LogP contribution in [0.5, 0.6) is 0 Å². The van der Waals surface area contributed by atoms with E-state index in [4.69, 9.17) is 9.47 Å². The average Bonchev–Trinajstić information content (AvgIpc) is 3.02. The second kappa shape index (κ2) is 24.8. The Labute approximate surface area is 264 Å². The molecule has 1 fully saturated rings. The number of carbonyl (C=O) groups excluding carboxylic acids is 1. The van der Waals surface area contributed by atoms with Crippen LogP contribution in [0.15, 0.2) is 24.3 Å². The second-order valence-corrected chi connectivity index (χ2v) is 11.8. The predicted octanol–water partition coefficient (Wildman–Crippen LogP) is 2.37. The Morgan fingerprint density at radius 1 is 0.795 bits per heavy atom. The van der Waals surface area contributed by atoms with Crippen LogP contribution in [0, 0.1) is 0 Å². The molecule has 0 bridgehead atoms. The molecular formula is C33H61NO10. The molecule has 1 heterocycles. The van der Waals surface area contributed by atoms with E-state index in [0.29, 0.717) is 19.3 Å². The van der Waals surface area contributed by atoms with Gasteiger partial charge in [-0.15, -0.1) is 0 Å². The number of rotatable bonds is 25. The van der Waals surface area contributed by atoms with Gasteiger partial charge in [-0.1, -0.05) is 89.5 Å². The number of unbranched alkanes of at least 4 members (excludes halogenated alkanes) is 9. The fourth-order valence-electron chi connectivity index (χ4n) is 5.11. The van der Waals surface area contributed by atoms with E-state index >= 15 is 0 Å². The molecule has 1 rings (SSSR count). The van der Waals surface area contributed by atoms with E-state index in [1.807, 2.05) is 6.08 Å². The molecule has 9 unspecified atom stereocenters. The summed E-state index contributed by atoms with van der Waals surface area (Å²) in [6.07, 6.45) is 10.0. The van der Waals surface area contributed by atoms with E-state index in [2.05, 4.69) is 37.4 Å². The lowest BCUT2D eigenvalue weighted by molar-refractivity contribution is -0.303. The van der Waals surface area contributed by atoms with E-state index in [0.717, 1.165) is 38.5 Å². The molecule has 11 heteroatoms. The normalized spacial score (nSPS) is 25.3. The van der Waals surface area contributed by atoms with E-state index in [1.165, 1.54) is 25.7 Å². The monoisotopic (exact) mass is 631 g/mol. The molecule has 0 radical (unpaired) electrons. The molecule has 0 saturated carbocycles. The molecule has 9 atom stereocenters. The van der Waals surface area contributed by atoms with Crippen molar-refractivity contribution in [2.75, 3.05) is 13.2 Å². The van der Waals surface area contributed by atoms with Crippen LogP contribution in [0.3, 0.4) is 0 Å². The topological polar surface area (TPSA) is 189 Å². The summed E-state index contributed by atoms with van der Waals surface area (Å²) in [6.45, 7) is 3.18. The van der Waals surface area contributed by atoms with Gasteiger partial charge in [-0.25, -0.2) is 0 Å². The molecule has 258 valence electrons. The van der Waals surface area contributed by atoms with Crippen LogP contribution in [0.25, 0.3) is 0 Å². The molecule has 1 aliphatic rings. The Kier molecular flexibility index (Phi) is 22.9. The summed E-state index contributed by atoms with van der Waals surface area (Å²) in [5, 5.41) is 74.6. The first-order valence-electron chi connectivity index (χ1n) is 16.7. The zero-order valence-electron chi connectivity index (χ0n) is 26.9. The summed E-state index contributed by atoms with van der Waals surface area (Å²) in [6, 6.07) is -1.18. The minimum Gasteiger partial charge on any atom is -0.394 e. The smallest absolute Gasteiger partial charge is 0.249 e. The summed E-state index contributed by atoms with van der Waals surface area (Å²) >= 11 is 0. The quantitative estimate of drug-likeness (QED) is 0.0549. The van der Waals surface area contributed by atoms with Gasteiger partial charge < -0.3 is 50.5 Å². The van der Waals surface area contributed by atoms with Gasteiger partial charge in [0.2, 0.25) is 5.91 Å². The minimum atomic E-state index is -1.66. The minimum absolute atomic E-state index is 0.245. The van der Waals surface area contributed by atoms with Gasteiger partial charge in [-0.2, -0.15) is 0 Å².